The second kappa shape index (κ2) is 2.26. The second-order valence-electron chi connectivity index (χ2n) is 1.92. The monoisotopic (exact) mass is 272 g/mol. The molecule has 0 bridgehead atoms. The molecule has 0 N–H and O–H groups in total. The zero-order valence-corrected chi connectivity index (χ0v) is 7.34. The number of halogens is 3. The Kier molecular flexibility index (Phi) is 1.48. The standard InChI is InChI=1S/C6H3F2IO2/c7-6(8)10-4-1-2-9-3-5(4)11-6/h1-3H. The van der Waals surface area contributed by atoms with Gasteiger partial charge in [0.25, 0.3) is 0 Å². The largest absolute Gasteiger partial charge is 0.586 e. The summed E-state index contributed by atoms with van der Waals surface area (Å²) in [6.45, 7) is 0. The first-order chi connectivity index (χ1) is 5.17. The van der Waals surface area contributed by atoms with Crippen LogP contribution in [0.1, 0.15) is 0 Å². The summed E-state index contributed by atoms with van der Waals surface area (Å²) >= 11 is -0.263. The molecule has 2 aliphatic heterocycles. The van der Waals surface area contributed by atoms with Gasteiger partial charge in [0, 0.05) is 4.08 Å². The van der Waals surface area contributed by atoms with Crippen LogP contribution in [0.15, 0.2) is 21.7 Å². The Hall–Kier alpha value is -0.460. The minimum atomic E-state index is -3.46. The molecule has 0 unspecified atom stereocenters. The maximum Gasteiger partial charge on any atom is 0.586 e. The van der Waals surface area contributed by atoms with E-state index < -0.39 is 6.29 Å². The van der Waals surface area contributed by atoms with Gasteiger partial charge >= 0.3 is 6.29 Å². The minimum absolute atomic E-state index is 0.140. The number of hydrogen-bond donors (Lipinski definition) is 0. The molecule has 5 heteroatoms. The van der Waals surface area contributed by atoms with Crippen molar-refractivity contribution in [1.29, 1.82) is 0 Å². The van der Waals surface area contributed by atoms with Crippen LogP contribution >= 0.6 is 20.7 Å². The van der Waals surface area contributed by atoms with Crippen LogP contribution in [0.4, 0.5) is 8.78 Å². The maximum absolute atomic E-state index is 12.3. The van der Waals surface area contributed by atoms with Gasteiger partial charge in [0.1, 0.15) is 0 Å². The van der Waals surface area contributed by atoms with Crippen molar-refractivity contribution in [1.82, 2.24) is 0 Å². The molecule has 0 amide bonds. The van der Waals surface area contributed by atoms with Crippen molar-refractivity contribution in [2.45, 2.75) is 6.29 Å². The van der Waals surface area contributed by atoms with Crippen molar-refractivity contribution in [3.05, 3.63) is 21.7 Å². The molecule has 0 aromatic carbocycles. The summed E-state index contributed by atoms with van der Waals surface area (Å²) in [5.74, 6) is 0.325. The average molecular weight is 272 g/mol. The molecule has 2 nitrogen and oxygen atoms in total. The lowest BCUT2D eigenvalue weighted by atomic mass is 10.4. The number of allylic oxidation sites excluding steroid dienone is 1. The summed E-state index contributed by atoms with van der Waals surface area (Å²) < 4.78 is 36.5. The Labute approximate surface area is 71.2 Å². The third kappa shape index (κ3) is 1.29. The number of rotatable bonds is 0. The summed E-state index contributed by atoms with van der Waals surface area (Å²) in [6.07, 6.45) is -1.93. The molecular weight excluding hydrogens is 269 g/mol. The van der Waals surface area contributed by atoms with E-state index in [1.54, 1.807) is 4.08 Å². The van der Waals surface area contributed by atoms with E-state index in [4.69, 9.17) is 0 Å². The zero-order valence-electron chi connectivity index (χ0n) is 5.18. The van der Waals surface area contributed by atoms with Crippen LogP contribution in [0.3, 0.4) is 0 Å². The van der Waals surface area contributed by atoms with Crippen LogP contribution in [0.2, 0.25) is 0 Å². The van der Waals surface area contributed by atoms with Crippen LogP contribution in [0.5, 0.6) is 0 Å². The van der Waals surface area contributed by atoms with E-state index in [0.717, 1.165) is 0 Å². The lowest BCUT2D eigenvalue weighted by Crippen LogP contribution is -2.14. The zero-order chi connectivity index (χ0) is 7.90. The molecular formula is C6H3F2IO2. The minimum Gasteiger partial charge on any atom is -0.395 e. The summed E-state index contributed by atoms with van der Waals surface area (Å²) in [5.41, 5.74) is 0. The van der Waals surface area contributed by atoms with Gasteiger partial charge in [-0.25, -0.2) is 0 Å². The van der Waals surface area contributed by atoms with Gasteiger partial charge in [-0.1, -0.05) is 20.7 Å². The molecule has 0 radical (unpaired) electrons. The number of fused-ring (bicyclic) bond motifs is 1. The summed E-state index contributed by atoms with van der Waals surface area (Å²) in [4.78, 5) is 0. The Bertz CT molecular complexity index is 254. The topological polar surface area (TPSA) is 18.5 Å². The maximum atomic E-state index is 12.3. The fraction of sp³-hybridized carbons (Fsp3) is 0.167. The average Bonchev–Trinajstić information content (AvgIpc) is 2.21. The van der Waals surface area contributed by atoms with E-state index in [9.17, 15) is 8.78 Å². The van der Waals surface area contributed by atoms with E-state index in [1.165, 1.54) is 6.08 Å². The van der Waals surface area contributed by atoms with E-state index >= 15 is 0 Å². The molecule has 1 fully saturated rings. The Morgan fingerprint density at radius 2 is 2.00 bits per heavy atom. The highest BCUT2D eigenvalue weighted by atomic mass is 127. The summed E-state index contributed by atoms with van der Waals surface area (Å²) in [5, 5.41) is 0. The van der Waals surface area contributed by atoms with Gasteiger partial charge in [-0.15, -0.1) is 8.78 Å². The molecule has 0 atom stereocenters. The van der Waals surface area contributed by atoms with Crippen LogP contribution in [0.25, 0.3) is 0 Å². The quantitative estimate of drug-likeness (QED) is 0.629. The van der Waals surface area contributed by atoms with Gasteiger partial charge in [-0.2, -0.15) is 0 Å². The van der Waals surface area contributed by atoms with Crippen molar-refractivity contribution in [3.63, 3.8) is 0 Å². The summed E-state index contributed by atoms with van der Waals surface area (Å²) in [7, 11) is 0. The molecule has 2 rings (SSSR count). The number of ether oxygens (including phenoxy) is 2. The third-order valence-electron chi connectivity index (χ3n) is 1.15. The van der Waals surface area contributed by atoms with Gasteiger partial charge in [-0.3, -0.25) is 0 Å². The van der Waals surface area contributed by atoms with Crippen molar-refractivity contribution in [2.24, 2.45) is 0 Å². The molecule has 11 heavy (non-hydrogen) atoms. The number of alkyl halides is 2. The van der Waals surface area contributed by atoms with Crippen LogP contribution in [-0.4, -0.2) is 10.3 Å². The molecule has 0 aromatic rings. The van der Waals surface area contributed by atoms with Crippen LogP contribution in [-0.2, 0) is 9.47 Å². The van der Waals surface area contributed by atoms with E-state index in [0.29, 0.717) is 0 Å². The first-order valence-electron chi connectivity index (χ1n) is 2.79. The number of hydrogen-bond acceptors (Lipinski definition) is 2. The predicted octanol–water partition coefficient (Wildman–Crippen LogP) is 2.10. The van der Waals surface area contributed by atoms with Crippen molar-refractivity contribution in [3.8, 4) is 0 Å². The second-order valence-corrected chi connectivity index (χ2v) is 3.98. The van der Waals surface area contributed by atoms with E-state index in [2.05, 4.69) is 9.47 Å². The molecule has 0 spiro atoms. The lowest BCUT2D eigenvalue weighted by molar-refractivity contribution is -0.326. The van der Waals surface area contributed by atoms with Gasteiger partial charge in [-0.05, 0) is 10.1 Å². The fourth-order valence-electron chi connectivity index (χ4n) is 0.757. The molecule has 2 heterocycles. The van der Waals surface area contributed by atoms with E-state index in [-0.39, 0.29) is 32.2 Å². The molecule has 60 valence electrons. The third-order valence-corrected chi connectivity index (χ3v) is 2.85. The highest BCUT2D eigenvalue weighted by molar-refractivity contribution is 14.2. The first-order valence-corrected chi connectivity index (χ1v) is 5.28. The molecule has 1 saturated heterocycles. The Morgan fingerprint density at radius 1 is 1.27 bits per heavy atom. The van der Waals surface area contributed by atoms with E-state index in [1.807, 2.05) is 4.01 Å². The van der Waals surface area contributed by atoms with Gasteiger partial charge in [0.05, 0.1) is 0 Å². The van der Waals surface area contributed by atoms with Gasteiger partial charge < -0.3 is 9.47 Å². The van der Waals surface area contributed by atoms with Crippen LogP contribution in [0, 0.1) is 0 Å². The molecule has 0 aliphatic carbocycles. The lowest BCUT2D eigenvalue weighted by Gasteiger charge is -2.02. The Balaban J connectivity index is 2.35. The Morgan fingerprint density at radius 3 is 2.73 bits per heavy atom. The van der Waals surface area contributed by atoms with Crippen molar-refractivity contribution < 1.29 is 18.3 Å². The predicted molar refractivity (Wildman–Crippen MR) is 43.4 cm³/mol. The highest BCUT2D eigenvalue weighted by Gasteiger charge is 2.45. The molecule has 0 aromatic heterocycles. The highest BCUT2D eigenvalue weighted by Crippen LogP contribution is 2.38. The van der Waals surface area contributed by atoms with Crippen LogP contribution < -0.4 is 0 Å². The molecule has 2 aliphatic rings. The summed E-state index contributed by atoms with van der Waals surface area (Å²) in [6, 6.07) is 0. The smallest absolute Gasteiger partial charge is 0.395 e. The normalized spacial score (nSPS) is 25.3. The van der Waals surface area contributed by atoms with Crippen molar-refractivity contribution >= 4 is 24.7 Å². The molecule has 0 saturated carbocycles. The van der Waals surface area contributed by atoms with Gasteiger partial charge in [0.2, 0.25) is 0 Å². The van der Waals surface area contributed by atoms with Crippen molar-refractivity contribution in [2.75, 3.05) is 0 Å². The first kappa shape index (κ1) is 7.20. The fourth-order valence-corrected chi connectivity index (χ4v) is 2.26. The van der Waals surface area contributed by atoms with Gasteiger partial charge in [0.15, 0.2) is 11.5 Å². The SMILES string of the molecule is FC1(F)OC2=CC=IC=C2O1.